The van der Waals surface area contributed by atoms with Crippen LogP contribution >= 0.6 is 23.5 Å². The molecule has 0 aliphatic rings. The summed E-state index contributed by atoms with van der Waals surface area (Å²) >= 11 is 0. The van der Waals surface area contributed by atoms with Gasteiger partial charge < -0.3 is 85.1 Å². The summed E-state index contributed by atoms with van der Waals surface area (Å²) in [4.78, 5) is 76.9. The third-order valence-corrected chi connectivity index (χ3v) is 0. The van der Waals surface area contributed by atoms with Crippen molar-refractivity contribution < 1.29 is 110 Å². The van der Waals surface area contributed by atoms with Crippen molar-refractivity contribution in [2.24, 2.45) is 0 Å². The molecule has 0 spiro atoms. The fourth-order valence-electron chi connectivity index (χ4n) is 0. The maximum absolute atomic E-state index is 8.55. The molecule has 0 aromatic rings. The SMILES string of the molecule is O=P([O-])([O-])[O-].O=P([O-])([O-])[O-].O=P([O-])([O-])[O-].O=S(=O)([O-])[O-].O=S(=O)([O-])[O-].O=S(=O)([O-])[O-].[Al+3].[Al+3].[Al+3].[Al+3].[Al+3]. The number of hydrogen-bond donors (Lipinski definition) is 0. The first kappa shape index (κ1) is 71.2. The molecular formula is Al5O24P3S3. The second kappa shape index (κ2) is 31.1. The molecule has 35 heavy (non-hydrogen) atoms. The van der Waals surface area contributed by atoms with Gasteiger partial charge in [0.2, 0.25) is 0 Å². The quantitative estimate of drug-likeness (QED) is 0.0975. The van der Waals surface area contributed by atoms with Gasteiger partial charge in [-0.1, -0.05) is 0 Å². The van der Waals surface area contributed by atoms with Gasteiger partial charge in [0.15, 0.2) is 0 Å². The van der Waals surface area contributed by atoms with E-state index in [1.807, 2.05) is 0 Å². The molecule has 0 aromatic heterocycles. The molecule has 0 unspecified atom stereocenters. The van der Waals surface area contributed by atoms with Crippen LogP contribution in [-0.2, 0) is 44.9 Å². The fraction of sp³-hybridized carbons (Fsp3) is 0. The van der Waals surface area contributed by atoms with E-state index < -0.39 is 54.7 Å². The summed E-state index contributed by atoms with van der Waals surface area (Å²) in [6, 6.07) is 0. The van der Waals surface area contributed by atoms with Gasteiger partial charge in [0.1, 0.15) is 0 Å². The minimum atomic E-state index is -5.39. The third kappa shape index (κ3) is 6470. The number of rotatable bonds is 0. The van der Waals surface area contributed by atoms with Crippen molar-refractivity contribution >= 4 is 141 Å². The predicted octanol–water partition coefficient (Wildman–Crippen LogP) is -14.4. The number of phosphoric acid groups is 3. The van der Waals surface area contributed by atoms with Gasteiger partial charge in [0, 0.05) is 31.2 Å². The summed E-state index contributed by atoms with van der Waals surface area (Å²) < 4.78 is 128. The third-order valence-electron chi connectivity index (χ3n) is 0. The summed E-state index contributed by atoms with van der Waals surface area (Å²) in [6.45, 7) is 0. The minimum absolute atomic E-state index is 0. The zero-order valence-corrected chi connectivity index (χ0v) is 26.2. The molecule has 0 heterocycles. The summed E-state index contributed by atoms with van der Waals surface area (Å²) in [5.41, 5.74) is 0. The van der Waals surface area contributed by atoms with Gasteiger partial charge in [-0.2, -0.15) is 23.5 Å². The molecule has 0 N–H and O–H groups in total. The first-order chi connectivity index (χ1) is 12.0. The molecule has 0 saturated carbocycles. The molecule has 0 aliphatic heterocycles. The van der Waals surface area contributed by atoms with E-state index in [4.69, 9.17) is 110 Å². The Morgan fingerprint density at radius 2 is 0.314 bits per heavy atom. The van der Waals surface area contributed by atoms with E-state index in [1.54, 1.807) is 0 Å². The van der Waals surface area contributed by atoms with Crippen LogP contribution in [0.4, 0.5) is 0 Å². The van der Waals surface area contributed by atoms with Gasteiger partial charge in [-0.05, 0) is 0 Å². The number of hydrogen-bond acceptors (Lipinski definition) is 24. The second-order valence-corrected chi connectivity index (χ2v) is 7.70. The van der Waals surface area contributed by atoms with Crippen LogP contribution in [0.1, 0.15) is 0 Å². The van der Waals surface area contributed by atoms with E-state index in [0.29, 0.717) is 0 Å². The molecular weight excluding hydrogens is 708 g/mol. The molecule has 0 atom stereocenters. The van der Waals surface area contributed by atoms with Crippen LogP contribution in [0.3, 0.4) is 0 Å². The Morgan fingerprint density at radius 3 is 0.314 bits per heavy atom. The molecule has 192 valence electrons. The molecule has 0 amide bonds. The maximum atomic E-state index is 8.55. The Hall–Kier alpha value is 2.60. The Bertz CT molecular complexity index is 701. The summed E-state index contributed by atoms with van der Waals surface area (Å²) in [7, 11) is -31.7. The molecule has 0 aliphatic carbocycles. The normalized spacial score (nSPS) is 10.0. The molecule has 0 rings (SSSR count). The molecule has 0 bridgehead atoms. The fourth-order valence-corrected chi connectivity index (χ4v) is 0. The predicted molar refractivity (Wildman–Crippen MR) is 83.0 cm³/mol. The smallest absolute Gasteiger partial charge is 0.822 e. The van der Waals surface area contributed by atoms with Crippen molar-refractivity contribution in [2.45, 2.75) is 0 Å². The van der Waals surface area contributed by atoms with Crippen LogP contribution < -0.4 is 44.0 Å². The zero-order chi connectivity index (χ0) is 27.0. The van der Waals surface area contributed by atoms with Crippen molar-refractivity contribution in [3.63, 3.8) is 0 Å². The standard InChI is InChI=1S/5Al.3H3O4P.3H2O4S/c;;;;;6*1-5(2,3)4/h;;;;;3*(H3,1,2,3,4);3*(H2,1,2,3,4)/q5*+3;;;;;;/p-15. The van der Waals surface area contributed by atoms with Gasteiger partial charge in [-0.3, -0.25) is 25.3 Å². The van der Waals surface area contributed by atoms with Gasteiger partial charge in [-0.15, -0.1) is 0 Å². The molecule has 0 fully saturated rings. The largest absolute Gasteiger partial charge is 3.00 e. The zero-order valence-electron chi connectivity index (χ0n) is 15.3. The van der Waals surface area contributed by atoms with Crippen molar-refractivity contribution in [3.8, 4) is 0 Å². The van der Waals surface area contributed by atoms with Gasteiger partial charge >= 0.3 is 86.8 Å². The van der Waals surface area contributed by atoms with E-state index in [0.717, 1.165) is 0 Å². The van der Waals surface area contributed by atoms with E-state index in [-0.39, 0.29) is 86.8 Å². The Kier molecular flexibility index (Phi) is 63.3. The van der Waals surface area contributed by atoms with Crippen LogP contribution in [0.5, 0.6) is 0 Å². The molecule has 24 nitrogen and oxygen atoms in total. The monoisotopic (exact) mass is 708 g/mol. The van der Waals surface area contributed by atoms with Gasteiger partial charge in [0.05, 0.1) is 0 Å². The van der Waals surface area contributed by atoms with Crippen LogP contribution in [0.2, 0.25) is 0 Å². The van der Waals surface area contributed by atoms with Crippen LogP contribution in [0.25, 0.3) is 0 Å². The topological polar surface area (TPSA) is 500 Å². The molecule has 0 radical (unpaired) electrons. The maximum Gasteiger partial charge on any atom is 3.00 e. The molecule has 0 aromatic carbocycles. The van der Waals surface area contributed by atoms with Gasteiger partial charge in [0.25, 0.3) is 0 Å². The van der Waals surface area contributed by atoms with E-state index in [2.05, 4.69) is 0 Å². The second-order valence-electron chi connectivity index (χ2n) is 2.57. The van der Waals surface area contributed by atoms with E-state index in [1.165, 1.54) is 0 Å². The van der Waals surface area contributed by atoms with Crippen LogP contribution in [0, 0.1) is 0 Å². The van der Waals surface area contributed by atoms with Gasteiger partial charge in [-0.25, -0.2) is 0 Å². The minimum Gasteiger partial charge on any atom is -0.822 e. The first-order valence-corrected chi connectivity index (χ1v) is 12.6. The Balaban J connectivity index is -0.0000000213. The molecule has 0 saturated heterocycles. The summed E-state index contributed by atoms with van der Waals surface area (Å²) in [6.07, 6.45) is 0. The van der Waals surface area contributed by atoms with Crippen molar-refractivity contribution in [1.82, 2.24) is 0 Å². The average molecular weight is 708 g/mol. The van der Waals surface area contributed by atoms with Crippen molar-refractivity contribution in [3.05, 3.63) is 0 Å². The van der Waals surface area contributed by atoms with Crippen molar-refractivity contribution in [1.29, 1.82) is 0 Å². The van der Waals surface area contributed by atoms with Crippen molar-refractivity contribution in [2.75, 3.05) is 0 Å². The Labute approximate surface area is 249 Å². The van der Waals surface area contributed by atoms with E-state index in [9.17, 15) is 0 Å². The molecule has 35 heteroatoms. The average Bonchev–Trinajstić information content (AvgIpc) is 1.94. The van der Waals surface area contributed by atoms with Crippen LogP contribution in [-0.4, -0.2) is 139 Å². The summed E-state index contributed by atoms with van der Waals surface area (Å²) in [5, 5.41) is 0. The van der Waals surface area contributed by atoms with Crippen LogP contribution in [0.15, 0.2) is 0 Å². The summed E-state index contributed by atoms with van der Waals surface area (Å²) in [5.74, 6) is 0. The van der Waals surface area contributed by atoms with E-state index >= 15 is 0 Å². The Morgan fingerprint density at radius 1 is 0.314 bits per heavy atom. The first-order valence-electron chi connectivity index (χ1n) is 4.19.